The lowest BCUT2D eigenvalue weighted by Crippen LogP contribution is -2.72. The van der Waals surface area contributed by atoms with Crippen molar-refractivity contribution in [1.29, 1.82) is 0 Å². The van der Waals surface area contributed by atoms with Crippen molar-refractivity contribution < 1.29 is 144 Å². The van der Waals surface area contributed by atoms with Gasteiger partial charge in [0.05, 0.1) is 81.8 Å². The number of hydrogen-bond donors (Lipinski definition) is 18. The maximum Gasteiger partial charge on any atom is 0.217 e. The molecule has 20 unspecified atom stereocenters. The molecule has 6 aliphatic heterocycles. The molecule has 6 aliphatic rings. The Labute approximate surface area is 456 Å². The van der Waals surface area contributed by atoms with E-state index in [-0.39, 0.29) is 12.8 Å². The van der Waals surface area contributed by atoms with Crippen molar-refractivity contribution in [3.63, 3.8) is 0 Å². The molecule has 30 heteroatoms. The fraction of sp³-hybridized carbons (Fsp3) is 0.980. The van der Waals surface area contributed by atoms with Gasteiger partial charge in [-0.2, -0.15) is 0 Å². The van der Waals surface area contributed by atoms with E-state index < -0.39 is 247 Å². The first-order chi connectivity index (χ1) is 37.1. The van der Waals surface area contributed by atoms with Crippen LogP contribution in [0, 0.1) is 5.92 Å². The lowest BCUT2D eigenvalue weighted by atomic mass is 9.83. The summed E-state index contributed by atoms with van der Waals surface area (Å²) in [5.41, 5.74) is -3.96. The molecule has 0 spiro atoms. The molecule has 0 bridgehead atoms. The molecule has 6 saturated heterocycles. The largest absolute Gasteiger partial charge is 0.394 e. The lowest BCUT2D eigenvalue weighted by Gasteiger charge is -2.52. The predicted molar refractivity (Wildman–Crippen MR) is 259 cm³/mol. The van der Waals surface area contributed by atoms with Crippen LogP contribution in [0.5, 0.6) is 0 Å². The van der Waals surface area contributed by atoms with Gasteiger partial charge in [0, 0.05) is 25.7 Å². The van der Waals surface area contributed by atoms with Crippen molar-refractivity contribution in [2.75, 3.05) is 39.6 Å². The number of aliphatic hydroxyl groups is 17. The first kappa shape index (κ1) is 66.5. The van der Waals surface area contributed by atoms with Gasteiger partial charge in [0.15, 0.2) is 18.9 Å². The summed E-state index contributed by atoms with van der Waals surface area (Å²) in [5.74, 6) is -1.51. The molecule has 0 saturated carbocycles. The average molecular weight is 1150 g/mol. The van der Waals surface area contributed by atoms with Crippen LogP contribution in [-0.4, -0.2) is 321 Å². The van der Waals surface area contributed by atoms with E-state index in [9.17, 15) is 91.6 Å². The fourth-order valence-electron chi connectivity index (χ4n) is 11.7. The number of rotatable bonds is 21. The summed E-state index contributed by atoms with van der Waals surface area (Å²) < 4.78 is 66.3. The minimum Gasteiger partial charge on any atom is -0.394 e. The van der Waals surface area contributed by atoms with Crippen LogP contribution in [0.1, 0.15) is 67.7 Å². The zero-order valence-corrected chi connectivity index (χ0v) is 45.2. The number of nitrogens with one attached hydrogen (secondary N) is 1. The quantitative estimate of drug-likeness (QED) is 0.0507. The summed E-state index contributed by atoms with van der Waals surface area (Å²) in [7, 11) is 0. The first-order valence-electron chi connectivity index (χ1n) is 26.8. The molecule has 1 amide bonds. The molecule has 30 nitrogen and oxygen atoms in total. The van der Waals surface area contributed by atoms with Gasteiger partial charge in [-0.15, -0.1) is 0 Å². The van der Waals surface area contributed by atoms with E-state index in [0.29, 0.717) is 0 Å². The number of carbonyl (C=O) groups is 1. The Morgan fingerprint density at radius 1 is 0.620 bits per heavy atom. The second kappa shape index (κ2) is 28.0. The topological polar surface area (TPSA) is 475 Å². The van der Waals surface area contributed by atoms with Crippen molar-refractivity contribution in [1.82, 2.24) is 5.32 Å². The van der Waals surface area contributed by atoms with Crippen molar-refractivity contribution >= 4 is 5.91 Å². The van der Waals surface area contributed by atoms with Crippen LogP contribution in [0.15, 0.2) is 0 Å². The number of carbonyl (C=O) groups excluding carboxylic acids is 1. The Bertz CT molecular complexity index is 1880. The number of hydrogen-bond acceptors (Lipinski definition) is 29. The Morgan fingerprint density at radius 3 is 1.73 bits per heavy atom. The van der Waals surface area contributed by atoms with Crippen molar-refractivity contribution in [2.45, 2.75) is 256 Å². The van der Waals surface area contributed by atoms with E-state index in [1.807, 2.05) is 0 Å². The third-order valence-corrected chi connectivity index (χ3v) is 16.1. The lowest BCUT2D eigenvalue weighted by molar-refractivity contribution is -0.380. The monoisotopic (exact) mass is 1150 g/mol. The van der Waals surface area contributed by atoms with Crippen LogP contribution in [0.3, 0.4) is 0 Å². The van der Waals surface area contributed by atoms with Gasteiger partial charge in [-0.3, -0.25) is 4.79 Å². The third-order valence-electron chi connectivity index (χ3n) is 16.1. The van der Waals surface area contributed by atoms with Crippen LogP contribution in [0.4, 0.5) is 0 Å². The van der Waals surface area contributed by atoms with E-state index in [4.69, 9.17) is 52.1 Å². The predicted octanol–water partition coefficient (Wildman–Crippen LogP) is -8.80. The zero-order chi connectivity index (χ0) is 58.7. The average Bonchev–Trinajstić information content (AvgIpc) is 3.52. The van der Waals surface area contributed by atoms with Gasteiger partial charge in [0.25, 0.3) is 0 Å². The minimum absolute atomic E-state index is 0.238. The summed E-state index contributed by atoms with van der Waals surface area (Å²) in [6.07, 6.45) is -44.4. The summed E-state index contributed by atoms with van der Waals surface area (Å²) >= 11 is 0. The van der Waals surface area contributed by atoms with Crippen LogP contribution >= 0.6 is 0 Å². The van der Waals surface area contributed by atoms with Gasteiger partial charge in [0.2, 0.25) is 5.91 Å². The maximum absolute atomic E-state index is 13.0. The Hall–Kier alpha value is -1.65. The van der Waals surface area contributed by atoms with Crippen molar-refractivity contribution in [2.24, 2.45) is 5.92 Å². The van der Waals surface area contributed by atoms with Gasteiger partial charge in [-0.1, -0.05) is 6.92 Å². The third kappa shape index (κ3) is 14.4. The van der Waals surface area contributed by atoms with Crippen LogP contribution < -0.4 is 5.32 Å². The zero-order valence-electron chi connectivity index (χ0n) is 45.2. The first-order valence-corrected chi connectivity index (χ1v) is 26.8. The van der Waals surface area contributed by atoms with Gasteiger partial charge in [0.1, 0.15) is 128 Å². The highest BCUT2D eigenvalue weighted by atomic mass is 16.8. The normalized spacial score (nSPS) is 48.2. The highest BCUT2D eigenvalue weighted by Gasteiger charge is 2.59. The molecule has 6 rings (SSSR count). The summed E-state index contributed by atoms with van der Waals surface area (Å²) in [5, 5.41) is 189. The minimum atomic E-state index is -2.15. The standard InChI is InChI=1S/C49H87NO29/c1-8-21(18(3)71-39-27(14-54)70-19(4)30(59)34(39)63)38-36(65)37(66)40(28(15-55)72-38)76-45-22(58)9-23(31(60)24(11-51)74-45)79-48(6,7)44-29(50-20(5)57)41(33(62)26(13-53)73-44)77-46-42(35(64)32(61)25(12-52)75-46)78-47-43(67)49(68,16-56)10-17(2)69-47/h17-19,21-47,51-56,58-68H,8-16H2,1-7H3,(H,50,57)/t17?,18?,19-,21?,22?,23?,24?,25?,26?,27?,28?,29?,30?,31+,32-,33-,34?,35?,36?,37?,38-,39+,40-,41?,42?,43+,44+,45+,46-,47?,49?/m0/s1. The molecule has 0 aromatic rings. The SMILES string of the molecule is CCC(C(C)O[C@@H]1C(CO)O[C@@H](C)C(O)C1O)[C@@H]1OC(CO)[C@H](O[C@H]2OC(CO)[C@H](O)C(OC(C)(C)[C@@H]3OC(CO)[C@H](O)C(O[C@@H]4OC(CO)[C@H](O)C(O)C4OC4OC(C)CC(O)(CO)[C@@H]4O)C3NC(C)=O)CC2O)C(O)C1O. The molecule has 31 atom stereocenters. The molecule has 0 aromatic heterocycles. The molecular weight excluding hydrogens is 1070 g/mol. The molecule has 462 valence electrons. The van der Waals surface area contributed by atoms with Crippen molar-refractivity contribution in [3.05, 3.63) is 0 Å². The second-order valence-corrected chi connectivity index (χ2v) is 22.2. The number of aliphatic hydroxyl groups excluding tert-OH is 16. The summed E-state index contributed by atoms with van der Waals surface area (Å²) in [6, 6.07) is -1.54. The molecular formula is C49H87NO29. The molecule has 6 heterocycles. The molecule has 18 N–H and O–H groups in total. The molecule has 79 heavy (non-hydrogen) atoms. The summed E-state index contributed by atoms with van der Waals surface area (Å²) in [6.45, 7) is 5.20. The maximum atomic E-state index is 13.0. The van der Waals surface area contributed by atoms with E-state index >= 15 is 0 Å². The van der Waals surface area contributed by atoms with Gasteiger partial charge in [-0.25, -0.2) is 0 Å². The highest BCUT2D eigenvalue weighted by Crippen LogP contribution is 2.40. The van der Waals surface area contributed by atoms with E-state index in [0.717, 1.165) is 6.92 Å². The van der Waals surface area contributed by atoms with E-state index in [2.05, 4.69) is 5.32 Å². The highest BCUT2D eigenvalue weighted by molar-refractivity contribution is 5.73. The van der Waals surface area contributed by atoms with Gasteiger partial charge in [-0.05, 0) is 41.0 Å². The van der Waals surface area contributed by atoms with Crippen molar-refractivity contribution in [3.8, 4) is 0 Å². The van der Waals surface area contributed by atoms with E-state index in [1.165, 1.54) is 27.7 Å². The Morgan fingerprint density at radius 2 is 1.15 bits per heavy atom. The number of ether oxygens (including phenoxy) is 11. The van der Waals surface area contributed by atoms with Gasteiger partial charge < -0.3 is 144 Å². The smallest absolute Gasteiger partial charge is 0.217 e. The Kier molecular flexibility index (Phi) is 23.6. The molecule has 0 aromatic carbocycles. The van der Waals surface area contributed by atoms with Crippen LogP contribution in [0.2, 0.25) is 0 Å². The van der Waals surface area contributed by atoms with Crippen LogP contribution in [-0.2, 0) is 56.9 Å². The number of amides is 1. The fourth-order valence-corrected chi connectivity index (χ4v) is 11.7. The molecule has 6 fully saturated rings. The summed E-state index contributed by atoms with van der Waals surface area (Å²) in [4.78, 5) is 13.0. The molecule has 0 aliphatic carbocycles. The van der Waals surface area contributed by atoms with Gasteiger partial charge >= 0.3 is 0 Å². The van der Waals surface area contributed by atoms with Crippen LogP contribution in [0.25, 0.3) is 0 Å². The second-order valence-electron chi connectivity index (χ2n) is 22.2. The molecule has 0 radical (unpaired) electrons. The van der Waals surface area contributed by atoms with E-state index in [1.54, 1.807) is 13.8 Å². The Balaban J connectivity index is 1.21.